The molecule has 1 aromatic heterocycles. The van der Waals surface area contributed by atoms with E-state index in [4.69, 9.17) is 4.52 Å². The first-order valence-corrected chi connectivity index (χ1v) is 4.50. The van der Waals surface area contributed by atoms with Crippen LogP contribution in [0.2, 0.25) is 0 Å². The first-order chi connectivity index (χ1) is 6.25. The zero-order chi connectivity index (χ0) is 9.26. The summed E-state index contributed by atoms with van der Waals surface area (Å²) in [5, 5.41) is 0. The Kier molecular flexibility index (Phi) is 3.52. The van der Waals surface area contributed by atoms with Crippen LogP contribution in [-0.2, 0) is 11.5 Å². The topological polar surface area (TPSA) is 37.3 Å². The molecule has 0 saturated carbocycles. The lowest BCUT2D eigenvalue weighted by molar-refractivity contribution is -0.874. The molecule has 0 N–H and O–H groups in total. The van der Waals surface area contributed by atoms with Gasteiger partial charge in [-0.25, -0.2) is 4.52 Å². The Bertz CT molecular complexity index is 324. The van der Waals surface area contributed by atoms with Gasteiger partial charge in [-0.15, -0.1) is 0 Å². The zero-order valence-corrected chi connectivity index (χ0v) is 8.83. The van der Waals surface area contributed by atoms with E-state index in [0.717, 1.165) is 18.7 Å². The summed E-state index contributed by atoms with van der Waals surface area (Å²) < 4.78 is 7.00. The van der Waals surface area contributed by atoms with E-state index in [9.17, 15) is 4.79 Å². The average molecular weight is 217 g/mol. The van der Waals surface area contributed by atoms with Crippen LogP contribution < -0.4 is 17.1 Å². The Morgan fingerprint density at radius 3 is 2.93 bits per heavy atom. The molecular weight excluding hydrogens is 204 g/mol. The van der Waals surface area contributed by atoms with Crippen LogP contribution in [-0.4, -0.2) is 17.4 Å². The molecule has 1 aromatic rings. The number of halogens is 1. The van der Waals surface area contributed by atoms with Crippen LogP contribution in [0.4, 0.5) is 0 Å². The van der Waals surface area contributed by atoms with Gasteiger partial charge in [0.2, 0.25) is 12.1 Å². The van der Waals surface area contributed by atoms with E-state index in [1.807, 2.05) is 24.1 Å². The third kappa shape index (κ3) is 2.26. The van der Waals surface area contributed by atoms with Crippen molar-refractivity contribution in [3.8, 4) is 0 Å². The summed E-state index contributed by atoms with van der Waals surface area (Å²) in [5.74, 6) is 1.09. The molecule has 0 aromatic carbocycles. The largest absolute Gasteiger partial charge is 1.00 e. The highest BCUT2D eigenvalue weighted by molar-refractivity contribution is 5.77. The Balaban J connectivity index is 0.000000980. The lowest BCUT2D eigenvalue weighted by Gasteiger charge is -2.07. The van der Waals surface area contributed by atoms with Crippen LogP contribution in [0, 0.1) is 6.92 Å². The van der Waals surface area contributed by atoms with Crippen molar-refractivity contribution in [1.29, 1.82) is 0 Å². The summed E-state index contributed by atoms with van der Waals surface area (Å²) in [6, 6.07) is 1.89. The van der Waals surface area contributed by atoms with Gasteiger partial charge in [-0.1, -0.05) is 0 Å². The van der Waals surface area contributed by atoms with Crippen molar-refractivity contribution in [3.63, 3.8) is 0 Å². The Hall–Kier alpha value is -1.03. The van der Waals surface area contributed by atoms with E-state index < -0.39 is 0 Å². The van der Waals surface area contributed by atoms with Gasteiger partial charge in [-0.05, 0) is 6.42 Å². The Morgan fingerprint density at radius 2 is 2.43 bits per heavy atom. The maximum atomic E-state index is 11.3. The maximum absolute atomic E-state index is 11.3. The quantitative estimate of drug-likeness (QED) is 0.511. The van der Waals surface area contributed by atoms with Gasteiger partial charge in [0.25, 0.3) is 6.67 Å². The molecule has 0 radical (unpaired) electrons. The van der Waals surface area contributed by atoms with Crippen molar-refractivity contribution >= 4 is 5.91 Å². The van der Waals surface area contributed by atoms with E-state index in [2.05, 4.69) is 0 Å². The van der Waals surface area contributed by atoms with Gasteiger partial charge in [0.15, 0.2) is 5.76 Å². The number of carbonyl (C=O) groups is 1. The molecule has 2 rings (SSSR count). The third-order valence-corrected chi connectivity index (χ3v) is 2.22. The van der Waals surface area contributed by atoms with Gasteiger partial charge >= 0.3 is 0 Å². The van der Waals surface area contributed by atoms with E-state index in [-0.39, 0.29) is 18.3 Å². The minimum Gasteiger partial charge on any atom is -1.00 e. The maximum Gasteiger partial charge on any atom is 0.270 e. The zero-order valence-electron chi connectivity index (χ0n) is 8.07. The molecule has 5 heteroatoms. The van der Waals surface area contributed by atoms with Crippen molar-refractivity contribution in [2.45, 2.75) is 26.4 Å². The number of aryl methyl sites for hydroxylation is 1. The molecule has 14 heavy (non-hydrogen) atoms. The van der Waals surface area contributed by atoms with Crippen LogP contribution in [0.1, 0.15) is 18.6 Å². The van der Waals surface area contributed by atoms with Crippen molar-refractivity contribution in [2.75, 3.05) is 6.54 Å². The van der Waals surface area contributed by atoms with Crippen LogP contribution in [0.3, 0.4) is 0 Å². The molecule has 0 atom stereocenters. The van der Waals surface area contributed by atoms with Crippen molar-refractivity contribution < 1.29 is 26.5 Å². The fourth-order valence-corrected chi connectivity index (χ4v) is 1.53. The van der Waals surface area contributed by atoms with E-state index in [0.29, 0.717) is 13.1 Å². The molecule has 1 aliphatic heterocycles. The number of rotatable bonds is 2. The number of carbonyl (C=O) groups excluding carboxylic acids is 1. The summed E-state index contributed by atoms with van der Waals surface area (Å²) in [7, 11) is 0. The SMILES string of the molecule is Cc1cc[n+](CN2CCCC2=O)o1.[Cl-]. The minimum atomic E-state index is 0. The van der Waals surface area contributed by atoms with Crippen LogP contribution in [0.25, 0.3) is 0 Å². The number of aromatic nitrogens is 1. The first-order valence-electron chi connectivity index (χ1n) is 4.50. The molecule has 0 spiro atoms. The minimum absolute atomic E-state index is 0. The first kappa shape index (κ1) is 11.0. The fraction of sp³-hybridized carbons (Fsp3) is 0.556. The Labute approximate surface area is 88.9 Å². The number of hydrogen-bond donors (Lipinski definition) is 0. The van der Waals surface area contributed by atoms with Crippen LogP contribution in [0.5, 0.6) is 0 Å². The van der Waals surface area contributed by atoms with Crippen molar-refractivity contribution in [2.24, 2.45) is 0 Å². The second-order valence-electron chi connectivity index (χ2n) is 3.34. The van der Waals surface area contributed by atoms with Crippen LogP contribution in [0.15, 0.2) is 16.8 Å². The summed E-state index contributed by atoms with van der Waals surface area (Å²) in [4.78, 5) is 13.1. The fourth-order valence-electron chi connectivity index (χ4n) is 1.53. The number of nitrogens with zero attached hydrogens (tertiary/aromatic N) is 2. The highest BCUT2D eigenvalue weighted by atomic mass is 35.5. The normalized spacial score (nSPS) is 15.8. The molecule has 78 valence electrons. The molecule has 0 unspecified atom stereocenters. The lowest BCUT2D eigenvalue weighted by atomic mass is 10.4. The van der Waals surface area contributed by atoms with Gasteiger partial charge in [0, 0.05) is 24.6 Å². The lowest BCUT2D eigenvalue weighted by Crippen LogP contribution is -3.00. The van der Waals surface area contributed by atoms with Gasteiger partial charge in [-0.3, -0.25) is 9.69 Å². The Morgan fingerprint density at radius 1 is 1.64 bits per heavy atom. The highest BCUT2D eigenvalue weighted by Gasteiger charge is 2.24. The molecule has 0 bridgehead atoms. The third-order valence-electron chi connectivity index (χ3n) is 2.22. The smallest absolute Gasteiger partial charge is 0.270 e. The van der Waals surface area contributed by atoms with Gasteiger partial charge in [0.1, 0.15) is 0 Å². The molecule has 1 fully saturated rings. The monoisotopic (exact) mass is 216 g/mol. The number of hydrogen-bond acceptors (Lipinski definition) is 2. The molecular formula is C9H13ClN2O2. The summed E-state index contributed by atoms with van der Waals surface area (Å²) in [5.41, 5.74) is 0. The second-order valence-corrected chi connectivity index (χ2v) is 3.34. The summed E-state index contributed by atoms with van der Waals surface area (Å²) >= 11 is 0. The molecule has 4 nitrogen and oxygen atoms in total. The number of amides is 1. The standard InChI is InChI=1S/C9H13N2O2.ClH/c1-8-4-6-11(13-8)7-10-5-2-3-9(10)12;/h4,6H,2-3,5,7H2,1H3;1H/q+1;/p-1. The van der Waals surface area contributed by atoms with E-state index in [1.54, 1.807) is 4.74 Å². The van der Waals surface area contributed by atoms with E-state index >= 15 is 0 Å². The average Bonchev–Trinajstić information content (AvgIpc) is 2.64. The van der Waals surface area contributed by atoms with Gasteiger partial charge in [0.05, 0.1) is 6.07 Å². The van der Waals surface area contributed by atoms with E-state index in [1.165, 1.54) is 0 Å². The molecule has 1 amide bonds. The van der Waals surface area contributed by atoms with Gasteiger partial charge < -0.3 is 12.4 Å². The van der Waals surface area contributed by atoms with Gasteiger partial charge in [-0.2, -0.15) is 0 Å². The molecule has 1 aliphatic rings. The van der Waals surface area contributed by atoms with Crippen molar-refractivity contribution in [3.05, 3.63) is 18.0 Å². The summed E-state index contributed by atoms with van der Waals surface area (Å²) in [6.07, 6.45) is 3.50. The summed E-state index contributed by atoms with van der Waals surface area (Å²) in [6.45, 7) is 3.29. The predicted molar refractivity (Wildman–Crippen MR) is 44.6 cm³/mol. The number of likely N-dealkylation sites (tertiary alicyclic amines) is 1. The molecule has 0 aliphatic carbocycles. The van der Waals surface area contributed by atoms with Crippen LogP contribution >= 0.6 is 0 Å². The highest BCUT2D eigenvalue weighted by Crippen LogP contribution is 2.08. The van der Waals surface area contributed by atoms with Crippen molar-refractivity contribution in [1.82, 2.24) is 4.90 Å². The molecule has 1 saturated heterocycles. The predicted octanol–water partition coefficient (Wildman–Crippen LogP) is -2.54. The second kappa shape index (κ2) is 4.46. The molecule has 2 heterocycles.